The fraction of sp³-hybridized carbons (Fsp3) is 0.567. The SMILES string of the molecule is COCCNc1cc(Cl)c(Cl)c(C(NC(=O)[C@H]2CN(C(=O)OC(C)(C)C)CC[C@@H]2c2ccn(C)c(=O)c2)C2CC2)c1. The van der Waals surface area contributed by atoms with Crippen molar-refractivity contribution in [2.24, 2.45) is 18.9 Å². The minimum atomic E-state index is -0.660. The number of hydrogen-bond donors (Lipinski definition) is 2. The molecule has 3 atom stereocenters. The Kier molecular flexibility index (Phi) is 9.93. The molecule has 0 bridgehead atoms. The smallest absolute Gasteiger partial charge is 0.410 e. The summed E-state index contributed by atoms with van der Waals surface area (Å²) >= 11 is 13.2. The van der Waals surface area contributed by atoms with Crippen molar-refractivity contribution < 1.29 is 19.1 Å². The van der Waals surface area contributed by atoms with Crippen LogP contribution in [0.5, 0.6) is 0 Å². The molecule has 1 aromatic carbocycles. The first-order valence-electron chi connectivity index (χ1n) is 14.0. The third kappa shape index (κ3) is 7.96. The first kappa shape index (κ1) is 31.2. The average molecular weight is 608 g/mol. The second-order valence-electron chi connectivity index (χ2n) is 11.9. The number of carbonyl (C=O) groups is 2. The molecule has 9 nitrogen and oxygen atoms in total. The number of ether oxygens (including phenoxy) is 2. The van der Waals surface area contributed by atoms with E-state index in [4.69, 9.17) is 32.7 Å². The zero-order chi connectivity index (χ0) is 29.9. The summed E-state index contributed by atoms with van der Waals surface area (Å²) in [5.74, 6) is -0.828. The lowest BCUT2D eigenvalue weighted by molar-refractivity contribution is -0.128. The van der Waals surface area contributed by atoms with Gasteiger partial charge in [-0.15, -0.1) is 0 Å². The van der Waals surface area contributed by atoms with Gasteiger partial charge in [-0.3, -0.25) is 9.59 Å². The zero-order valence-electron chi connectivity index (χ0n) is 24.3. The summed E-state index contributed by atoms with van der Waals surface area (Å²) in [6, 6.07) is 6.80. The average Bonchev–Trinajstić information content (AvgIpc) is 3.75. The summed E-state index contributed by atoms with van der Waals surface area (Å²) in [6.45, 7) is 7.15. The maximum absolute atomic E-state index is 14.1. The van der Waals surface area contributed by atoms with Gasteiger partial charge in [-0.25, -0.2) is 4.79 Å². The monoisotopic (exact) mass is 606 g/mol. The number of pyridine rings is 1. The highest BCUT2D eigenvalue weighted by atomic mass is 35.5. The molecule has 2 N–H and O–H groups in total. The molecule has 0 spiro atoms. The minimum Gasteiger partial charge on any atom is -0.444 e. The Hall–Kier alpha value is -2.75. The van der Waals surface area contributed by atoms with Gasteiger partial charge in [0.15, 0.2) is 0 Å². The van der Waals surface area contributed by atoms with Gasteiger partial charge in [0.2, 0.25) is 5.91 Å². The number of carbonyl (C=O) groups excluding carboxylic acids is 2. The van der Waals surface area contributed by atoms with Crippen LogP contribution in [0.25, 0.3) is 0 Å². The number of likely N-dealkylation sites (tertiary alicyclic amines) is 1. The number of benzene rings is 1. The Morgan fingerprint density at radius 1 is 1.15 bits per heavy atom. The number of rotatable bonds is 9. The second kappa shape index (κ2) is 13.0. The number of hydrogen-bond acceptors (Lipinski definition) is 6. The topological polar surface area (TPSA) is 102 Å². The van der Waals surface area contributed by atoms with Gasteiger partial charge in [0, 0.05) is 51.7 Å². The summed E-state index contributed by atoms with van der Waals surface area (Å²) < 4.78 is 12.3. The molecule has 1 aliphatic heterocycles. The number of piperidine rings is 1. The summed E-state index contributed by atoms with van der Waals surface area (Å²) in [4.78, 5) is 41.2. The van der Waals surface area contributed by atoms with Gasteiger partial charge in [-0.2, -0.15) is 0 Å². The highest BCUT2D eigenvalue weighted by Crippen LogP contribution is 2.46. The second-order valence-corrected chi connectivity index (χ2v) is 12.7. The minimum absolute atomic E-state index is 0.147. The van der Waals surface area contributed by atoms with Crippen LogP contribution in [0.4, 0.5) is 10.5 Å². The Morgan fingerprint density at radius 3 is 2.51 bits per heavy atom. The number of amides is 2. The number of halogens is 2. The van der Waals surface area contributed by atoms with Gasteiger partial charge in [0.05, 0.1) is 28.6 Å². The van der Waals surface area contributed by atoms with E-state index >= 15 is 0 Å². The van der Waals surface area contributed by atoms with E-state index in [1.807, 2.05) is 32.9 Å². The Labute approximate surface area is 251 Å². The van der Waals surface area contributed by atoms with Crippen LogP contribution in [-0.2, 0) is 21.3 Å². The summed E-state index contributed by atoms with van der Waals surface area (Å²) in [5, 5.41) is 7.36. The van der Waals surface area contributed by atoms with Gasteiger partial charge in [0.25, 0.3) is 5.56 Å². The van der Waals surface area contributed by atoms with E-state index in [-0.39, 0.29) is 35.9 Å². The first-order valence-corrected chi connectivity index (χ1v) is 14.8. The molecule has 4 rings (SSSR count). The fourth-order valence-electron chi connectivity index (χ4n) is 5.28. The van der Waals surface area contributed by atoms with Crippen molar-refractivity contribution in [3.05, 3.63) is 62.0 Å². The Bertz CT molecular complexity index is 1320. The van der Waals surface area contributed by atoms with E-state index < -0.39 is 17.6 Å². The Morgan fingerprint density at radius 2 is 1.88 bits per heavy atom. The van der Waals surface area contributed by atoms with Crippen molar-refractivity contribution in [3.8, 4) is 0 Å². The molecular weight excluding hydrogens is 567 g/mol. The number of anilines is 1. The zero-order valence-corrected chi connectivity index (χ0v) is 25.8. The normalized spacial score (nSPS) is 19.9. The summed E-state index contributed by atoms with van der Waals surface area (Å²) in [5.41, 5.74) is 1.52. The van der Waals surface area contributed by atoms with Crippen molar-refractivity contribution in [2.45, 2.75) is 57.6 Å². The molecule has 2 fully saturated rings. The van der Waals surface area contributed by atoms with E-state index in [0.29, 0.717) is 36.2 Å². The highest BCUT2D eigenvalue weighted by molar-refractivity contribution is 6.42. The van der Waals surface area contributed by atoms with Crippen molar-refractivity contribution in [2.75, 3.05) is 38.7 Å². The number of nitrogens with one attached hydrogen (secondary N) is 2. The first-order chi connectivity index (χ1) is 19.4. The molecule has 0 radical (unpaired) electrons. The van der Waals surface area contributed by atoms with Crippen LogP contribution < -0.4 is 16.2 Å². The highest BCUT2D eigenvalue weighted by Gasteiger charge is 2.41. The van der Waals surface area contributed by atoms with Crippen LogP contribution >= 0.6 is 23.2 Å². The van der Waals surface area contributed by atoms with Gasteiger partial charge in [0.1, 0.15) is 5.60 Å². The van der Waals surface area contributed by atoms with Crippen molar-refractivity contribution in [1.82, 2.24) is 14.8 Å². The predicted octanol–water partition coefficient (Wildman–Crippen LogP) is 5.36. The predicted molar refractivity (Wildman–Crippen MR) is 161 cm³/mol. The molecule has 1 aromatic heterocycles. The van der Waals surface area contributed by atoms with Gasteiger partial charge in [-0.05, 0) is 81.2 Å². The molecule has 1 saturated heterocycles. The molecule has 2 heterocycles. The van der Waals surface area contributed by atoms with E-state index in [0.717, 1.165) is 29.7 Å². The number of aryl methyl sites for hydroxylation is 1. The van der Waals surface area contributed by atoms with E-state index in [9.17, 15) is 14.4 Å². The van der Waals surface area contributed by atoms with Crippen LogP contribution in [0.2, 0.25) is 10.0 Å². The largest absolute Gasteiger partial charge is 0.444 e. The molecule has 1 unspecified atom stereocenters. The van der Waals surface area contributed by atoms with Crippen LogP contribution in [0.15, 0.2) is 35.3 Å². The molecule has 224 valence electrons. The van der Waals surface area contributed by atoms with Crippen LogP contribution in [0.1, 0.15) is 63.1 Å². The molecule has 2 amide bonds. The molecule has 41 heavy (non-hydrogen) atoms. The van der Waals surface area contributed by atoms with Crippen LogP contribution in [0, 0.1) is 11.8 Å². The van der Waals surface area contributed by atoms with Crippen LogP contribution in [0.3, 0.4) is 0 Å². The van der Waals surface area contributed by atoms with Gasteiger partial charge < -0.3 is 29.6 Å². The molecule has 11 heteroatoms. The lowest BCUT2D eigenvalue weighted by Crippen LogP contribution is -2.50. The molecule has 2 aromatic rings. The van der Waals surface area contributed by atoms with Crippen molar-refractivity contribution in [1.29, 1.82) is 0 Å². The van der Waals surface area contributed by atoms with E-state index in [1.165, 1.54) is 4.57 Å². The van der Waals surface area contributed by atoms with E-state index in [2.05, 4.69) is 10.6 Å². The molecule has 2 aliphatic rings. The maximum Gasteiger partial charge on any atom is 0.410 e. The van der Waals surface area contributed by atoms with Crippen LogP contribution in [-0.4, -0.2) is 60.4 Å². The summed E-state index contributed by atoms with van der Waals surface area (Å²) in [6.07, 6.45) is 3.68. The van der Waals surface area contributed by atoms with E-state index in [1.54, 1.807) is 37.4 Å². The lowest BCUT2D eigenvalue weighted by atomic mass is 9.80. The number of methoxy groups -OCH3 is 1. The Balaban J connectivity index is 1.63. The fourth-order valence-corrected chi connectivity index (χ4v) is 5.73. The van der Waals surface area contributed by atoms with Crippen molar-refractivity contribution in [3.63, 3.8) is 0 Å². The lowest BCUT2D eigenvalue weighted by Gasteiger charge is -2.39. The molecule has 1 saturated carbocycles. The number of nitrogens with zero attached hydrogens (tertiary/aromatic N) is 2. The third-order valence-electron chi connectivity index (χ3n) is 7.58. The summed E-state index contributed by atoms with van der Waals surface area (Å²) in [7, 11) is 3.32. The molecular formula is C30H40Cl2N4O5. The van der Waals surface area contributed by atoms with Gasteiger partial charge >= 0.3 is 6.09 Å². The molecule has 1 aliphatic carbocycles. The third-order valence-corrected chi connectivity index (χ3v) is 8.39. The van der Waals surface area contributed by atoms with Gasteiger partial charge in [-0.1, -0.05) is 23.2 Å². The quantitative estimate of drug-likeness (QED) is 0.373. The van der Waals surface area contributed by atoms with Crippen molar-refractivity contribution >= 4 is 40.9 Å². The maximum atomic E-state index is 14.1. The number of aromatic nitrogens is 1. The standard InChI is InChI=1S/C30H40Cl2N4O5/c1-30(2,3)41-29(39)36-12-9-21(19-8-11-35(4)25(37)14-19)23(17-36)28(38)34-27(18-6-7-18)22-15-20(33-10-13-40-5)16-24(31)26(22)32/h8,11,14-16,18,21,23,27,33H,6-7,9-10,12-13,17H2,1-5H3,(H,34,38)/t21-,23+,27?/m1/s1.